The Morgan fingerprint density at radius 3 is 2.24 bits per heavy atom. The predicted octanol–water partition coefficient (Wildman–Crippen LogP) is 4.01. The number of amides is 2. The molecule has 0 radical (unpaired) electrons. The molecule has 2 saturated carbocycles. The molecule has 0 aliphatic heterocycles. The third kappa shape index (κ3) is 5.73. The van der Waals surface area contributed by atoms with E-state index < -0.39 is 0 Å². The van der Waals surface area contributed by atoms with Crippen LogP contribution in [-0.4, -0.2) is 41.9 Å². The van der Waals surface area contributed by atoms with E-state index in [9.17, 15) is 9.59 Å². The maximum atomic E-state index is 13.0. The molecule has 29 heavy (non-hydrogen) atoms. The minimum Gasteiger partial charge on any atom is -0.349 e. The fraction of sp³-hybridized carbons (Fsp3) is 0.652. The van der Waals surface area contributed by atoms with Crippen LogP contribution in [0.1, 0.15) is 79.5 Å². The number of nitrogens with one attached hydrogen (secondary N) is 1. The van der Waals surface area contributed by atoms with Gasteiger partial charge in [-0.3, -0.25) is 9.59 Å². The minimum absolute atomic E-state index is 0. The average molecular weight is 422 g/mol. The molecule has 0 aromatic heterocycles. The highest BCUT2D eigenvalue weighted by atomic mass is 35.5. The molecule has 2 unspecified atom stereocenters. The van der Waals surface area contributed by atoms with Gasteiger partial charge in [0, 0.05) is 36.3 Å². The van der Waals surface area contributed by atoms with Crippen LogP contribution in [-0.2, 0) is 0 Å². The fourth-order valence-electron chi connectivity index (χ4n) is 5.09. The summed E-state index contributed by atoms with van der Waals surface area (Å²) in [6.45, 7) is 5.64. The van der Waals surface area contributed by atoms with Crippen LogP contribution in [0.15, 0.2) is 24.3 Å². The van der Waals surface area contributed by atoms with Gasteiger partial charge in [0.05, 0.1) is 0 Å². The summed E-state index contributed by atoms with van der Waals surface area (Å²) in [5.41, 5.74) is 7.38. The quantitative estimate of drug-likeness (QED) is 0.698. The van der Waals surface area contributed by atoms with Crippen molar-refractivity contribution < 1.29 is 9.59 Å². The SMILES string of the molecule is CCCN(CCC)C(=O)c1cccc(C(=O)NC2C3CCCC2CC(N)C3)c1.Cl. The summed E-state index contributed by atoms with van der Waals surface area (Å²) in [5, 5.41) is 3.28. The van der Waals surface area contributed by atoms with Crippen molar-refractivity contribution in [2.24, 2.45) is 17.6 Å². The second-order valence-electron chi connectivity index (χ2n) is 8.55. The van der Waals surface area contributed by atoms with Gasteiger partial charge in [-0.15, -0.1) is 12.4 Å². The average Bonchev–Trinajstić information content (AvgIpc) is 2.68. The third-order valence-corrected chi connectivity index (χ3v) is 6.32. The zero-order chi connectivity index (χ0) is 20.1. The van der Waals surface area contributed by atoms with Gasteiger partial charge in [-0.25, -0.2) is 0 Å². The molecule has 1 aromatic carbocycles. The lowest BCUT2D eigenvalue weighted by molar-refractivity contribution is 0.0754. The van der Waals surface area contributed by atoms with Crippen molar-refractivity contribution in [3.63, 3.8) is 0 Å². The Morgan fingerprint density at radius 2 is 1.66 bits per heavy atom. The van der Waals surface area contributed by atoms with Crippen molar-refractivity contribution in [2.45, 2.75) is 70.9 Å². The van der Waals surface area contributed by atoms with E-state index in [1.54, 1.807) is 12.1 Å². The number of carbonyl (C=O) groups excluding carboxylic acids is 2. The molecule has 3 N–H and O–H groups in total. The smallest absolute Gasteiger partial charge is 0.253 e. The van der Waals surface area contributed by atoms with Crippen molar-refractivity contribution in [1.82, 2.24) is 10.2 Å². The standard InChI is InChI=1S/C23H35N3O2.ClH/c1-3-11-26(12-4-2)23(28)19-10-6-9-18(13-19)22(27)25-21-16-7-5-8-17(21)15-20(24)14-16;/h6,9-10,13,16-17,20-21H,3-5,7-8,11-12,14-15,24H2,1-2H3,(H,25,27);1H. The Balaban J connectivity index is 0.00000300. The van der Waals surface area contributed by atoms with Crippen molar-refractivity contribution in [3.8, 4) is 0 Å². The van der Waals surface area contributed by atoms with Gasteiger partial charge < -0.3 is 16.0 Å². The number of hydrogen-bond acceptors (Lipinski definition) is 3. The monoisotopic (exact) mass is 421 g/mol. The normalized spacial score (nSPS) is 25.6. The minimum atomic E-state index is -0.0652. The molecular formula is C23H36ClN3O2. The molecule has 2 amide bonds. The van der Waals surface area contributed by atoms with Gasteiger partial charge in [0.1, 0.15) is 0 Å². The maximum absolute atomic E-state index is 13.0. The van der Waals surface area contributed by atoms with Crippen molar-refractivity contribution in [1.29, 1.82) is 0 Å². The van der Waals surface area contributed by atoms with E-state index in [0.29, 0.717) is 23.0 Å². The summed E-state index contributed by atoms with van der Waals surface area (Å²) in [4.78, 5) is 27.7. The molecule has 0 saturated heterocycles. The number of hydrogen-bond donors (Lipinski definition) is 2. The first-order valence-corrected chi connectivity index (χ1v) is 11.0. The number of halogens is 1. The van der Waals surface area contributed by atoms with E-state index in [1.165, 1.54) is 6.42 Å². The molecule has 3 rings (SSSR count). The second-order valence-corrected chi connectivity index (χ2v) is 8.55. The third-order valence-electron chi connectivity index (χ3n) is 6.32. The van der Waals surface area contributed by atoms with Crippen molar-refractivity contribution in [2.75, 3.05) is 13.1 Å². The molecule has 0 spiro atoms. The first-order valence-electron chi connectivity index (χ1n) is 11.0. The van der Waals surface area contributed by atoms with Gasteiger partial charge in [0.15, 0.2) is 0 Å². The number of carbonyl (C=O) groups is 2. The Kier molecular flexibility index (Phi) is 8.97. The van der Waals surface area contributed by atoms with E-state index in [-0.39, 0.29) is 36.3 Å². The molecule has 2 bridgehead atoms. The molecule has 0 heterocycles. The van der Waals surface area contributed by atoms with Crippen LogP contribution in [0.25, 0.3) is 0 Å². The largest absolute Gasteiger partial charge is 0.349 e. The van der Waals surface area contributed by atoms with E-state index in [0.717, 1.165) is 51.6 Å². The van der Waals surface area contributed by atoms with Crippen LogP contribution >= 0.6 is 12.4 Å². The van der Waals surface area contributed by atoms with Gasteiger partial charge >= 0.3 is 0 Å². The summed E-state index contributed by atoms with van der Waals surface area (Å²) in [5.74, 6) is 0.921. The summed E-state index contributed by atoms with van der Waals surface area (Å²) >= 11 is 0. The van der Waals surface area contributed by atoms with E-state index in [4.69, 9.17) is 5.73 Å². The van der Waals surface area contributed by atoms with Gasteiger partial charge in [0.2, 0.25) is 0 Å². The summed E-state index contributed by atoms with van der Waals surface area (Å²) < 4.78 is 0. The summed E-state index contributed by atoms with van der Waals surface area (Å²) in [7, 11) is 0. The Bertz CT molecular complexity index is 676. The first kappa shape index (κ1) is 23.7. The van der Waals surface area contributed by atoms with Gasteiger partial charge in [-0.05, 0) is 68.6 Å². The lowest BCUT2D eigenvalue weighted by Crippen LogP contribution is -2.53. The Morgan fingerprint density at radius 1 is 1.07 bits per heavy atom. The van der Waals surface area contributed by atoms with Crippen LogP contribution in [0, 0.1) is 11.8 Å². The van der Waals surface area contributed by atoms with E-state index in [2.05, 4.69) is 19.2 Å². The highest BCUT2D eigenvalue weighted by Crippen LogP contribution is 2.39. The lowest BCUT2D eigenvalue weighted by atomic mass is 9.67. The highest BCUT2D eigenvalue weighted by Gasteiger charge is 2.40. The van der Waals surface area contributed by atoms with Gasteiger partial charge in [-0.2, -0.15) is 0 Å². The van der Waals surface area contributed by atoms with Crippen LogP contribution in [0.4, 0.5) is 0 Å². The van der Waals surface area contributed by atoms with Crippen LogP contribution in [0.5, 0.6) is 0 Å². The van der Waals surface area contributed by atoms with E-state index >= 15 is 0 Å². The molecule has 162 valence electrons. The fourth-order valence-corrected chi connectivity index (χ4v) is 5.09. The molecule has 5 nitrogen and oxygen atoms in total. The zero-order valence-corrected chi connectivity index (χ0v) is 18.5. The molecule has 2 atom stereocenters. The van der Waals surface area contributed by atoms with Gasteiger partial charge in [0.25, 0.3) is 11.8 Å². The molecule has 2 aliphatic carbocycles. The van der Waals surface area contributed by atoms with E-state index in [1.807, 2.05) is 17.0 Å². The number of rotatable bonds is 7. The van der Waals surface area contributed by atoms with Crippen LogP contribution < -0.4 is 11.1 Å². The number of nitrogens with zero attached hydrogens (tertiary/aromatic N) is 1. The topological polar surface area (TPSA) is 75.4 Å². The maximum Gasteiger partial charge on any atom is 0.253 e. The molecule has 6 heteroatoms. The van der Waals surface area contributed by atoms with Crippen molar-refractivity contribution in [3.05, 3.63) is 35.4 Å². The lowest BCUT2D eigenvalue weighted by Gasteiger charge is -2.45. The second kappa shape index (κ2) is 11.0. The molecule has 2 fully saturated rings. The van der Waals surface area contributed by atoms with Gasteiger partial charge in [-0.1, -0.05) is 26.3 Å². The molecule has 1 aromatic rings. The van der Waals surface area contributed by atoms with Crippen LogP contribution in [0.3, 0.4) is 0 Å². The Labute approximate surface area is 181 Å². The van der Waals surface area contributed by atoms with Crippen LogP contribution in [0.2, 0.25) is 0 Å². The predicted molar refractivity (Wildman–Crippen MR) is 119 cm³/mol. The first-order chi connectivity index (χ1) is 13.5. The zero-order valence-electron chi connectivity index (χ0n) is 17.7. The number of nitrogens with two attached hydrogens (primary N) is 1. The Hall–Kier alpha value is -1.59. The summed E-state index contributed by atoms with van der Waals surface area (Å²) in [6, 6.07) is 7.67. The molecular weight excluding hydrogens is 386 g/mol. The molecule has 2 aliphatic rings. The van der Waals surface area contributed by atoms with Crippen molar-refractivity contribution >= 4 is 24.2 Å². The number of fused-ring (bicyclic) bond motifs is 2. The number of benzene rings is 1. The summed E-state index contributed by atoms with van der Waals surface area (Å²) in [6.07, 6.45) is 7.40. The highest BCUT2D eigenvalue weighted by molar-refractivity contribution is 5.99.